The molecular weight excluding hydrogens is 338 g/mol. The number of piperidine rings is 1. The molecule has 0 radical (unpaired) electrons. The van der Waals surface area contributed by atoms with Crippen molar-refractivity contribution in [3.8, 4) is 0 Å². The molecule has 2 fully saturated rings. The topological polar surface area (TPSA) is 65.5 Å². The first-order valence-corrected chi connectivity index (χ1v) is 9.95. The summed E-state index contributed by atoms with van der Waals surface area (Å²) < 4.78 is 0. The van der Waals surface area contributed by atoms with Crippen LogP contribution in [-0.2, 0) is 0 Å². The van der Waals surface area contributed by atoms with Crippen molar-refractivity contribution in [1.29, 1.82) is 0 Å². The molecule has 4 rings (SSSR count). The number of aliphatic hydroxyl groups is 1. The number of carbonyl (C=O) groups is 1. The van der Waals surface area contributed by atoms with Crippen molar-refractivity contribution in [3.05, 3.63) is 59.9 Å². The first-order valence-electron chi connectivity index (χ1n) is 9.95. The second-order valence-corrected chi connectivity index (χ2v) is 7.69. The Labute approximate surface area is 160 Å². The van der Waals surface area contributed by atoms with Crippen LogP contribution in [0.4, 0.5) is 5.69 Å². The number of benzene rings is 1. The normalized spacial score (nSPS) is 23.4. The maximum absolute atomic E-state index is 12.8. The highest BCUT2D eigenvalue weighted by Crippen LogP contribution is 2.37. The van der Waals surface area contributed by atoms with Gasteiger partial charge in [0.05, 0.1) is 17.8 Å². The van der Waals surface area contributed by atoms with Gasteiger partial charge in [0, 0.05) is 30.5 Å². The number of pyridine rings is 1. The standard InChI is InChI=1S/C22H27N3O2/c26-19-14-17(15-19)21(20-6-2-3-11-23-20)24-22(27)16-7-9-18(10-8-16)25-12-4-1-5-13-25/h2-3,6-11,17,19,21,26H,1,4-5,12-15H2,(H,24,27)/t17?,19?,21-/m0/s1. The van der Waals surface area contributed by atoms with Crippen molar-refractivity contribution in [2.75, 3.05) is 18.0 Å². The fourth-order valence-corrected chi connectivity index (χ4v) is 4.10. The fourth-order valence-electron chi connectivity index (χ4n) is 4.10. The van der Waals surface area contributed by atoms with E-state index < -0.39 is 0 Å². The van der Waals surface area contributed by atoms with E-state index in [0.29, 0.717) is 18.4 Å². The lowest BCUT2D eigenvalue weighted by atomic mass is 9.76. The number of anilines is 1. The maximum atomic E-state index is 12.8. The molecule has 0 spiro atoms. The van der Waals surface area contributed by atoms with Crippen LogP contribution in [0.2, 0.25) is 0 Å². The Morgan fingerprint density at radius 1 is 1.07 bits per heavy atom. The van der Waals surface area contributed by atoms with Gasteiger partial charge in [-0.1, -0.05) is 6.07 Å². The van der Waals surface area contributed by atoms with Crippen LogP contribution >= 0.6 is 0 Å². The number of hydrogen-bond donors (Lipinski definition) is 2. The Morgan fingerprint density at radius 2 is 1.81 bits per heavy atom. The number of rotatable bonds is 5. The van der Waals surface area contributed by atoms with Crippen LogP contribution in [0, 0.1) is 5.92 Å². The molecule has 1 aromatic carbocycles. The minimum absolute atomic E-state index is 0.0859. The number of carbonyl (C=O) groups excluding carboxylic acids is 1. The Kier molecular flexibility index (Phi) is 5.39. The number of aromatic nitrogens is 1. The van der Waals surface area contributed by atoms with Crippen LogP contribution in [-0.4, -0.2) is 35.2 Å². The third-order valence-electron chi connectivity index (χ3n) is 5.76. The third-order valence-corrected chi connectivity index (χ3v) is 5.76. The smallest absolute Gasteiger partial charge is 0.251 e. The lowest BCUT2D eigenvalue weighted by Crippen LogP contribution is -2.41. The summed E-state index contributed by atoms with van der Waals surface area (Å²) in [5.74, 6) is 0.142. The van der Waals surface area contributed by atoms with Crippen LogP contribution in [0.1, 0.15) is 54.2 Å². The Hall–Kier alpha value is -2.40. The van der Waals surface area contributed by atoms with Crippen LogP contribution in [0.5, 0.6) is 0 Å². The third kappa shape index (κ3) is 4.14. The predicted molar refractivity (Wildman–Crippen MR) is 106 cm³/mol. The molecule has 1 saturated heterocycles. The molecule has 1 atom stereocenters. The Morgan fingerprint density at radius 3 is 2.44 bits per heavy atom. The molecule has 1 aliphatic carbocycles. The van der Waals surface area contributed by atoms with Gasteiger partial charge < -0.3 is 15.3 Å². The minimum atomic E-state index is -0.262. The first kappa shape index (κ1) is 18.0. The van der Waals surface area contributed by atoms with E-state index in [1.54, 1.807) is 6.20 Å². The monoisotopic (exact) mass is 365 g/mol. The SMILES string of the molecule is O=C(N[C@H](c1ccccn1)C1CC(O)C1)c1ccc(N2CCCCC2)cc1. The van der Waals surface area contributed by atoms with Gasteiger partial charge in [-0.25, -0.2) is 0 Å². The maximum Gasteiger partial charge on any atom is 0.251 e. The molecule has 5 nitrogen and oxygen atoms in total. The lowest BCUT2D eigenvalue weighted by molar-refractivity contribution is 0.0228. The summed E-state index contributed by atoms with van der Waals surface area (Å²) in [5, 5.41) is 12.8. The van der Waals surface area contributed by atoms with Gasteiger partial charge >= 0.3 is 0 Å². The van der Waals surface area contributed by atoms with Crippen LogP contribution in [0.25, 0.3) is 0 Å². The summed E-state index contributed by atoms with van der Waals surface area (Å²) >= 11 is 0. The van der Waals surface area contributed by atoms with Crippen molar-refractivity contribution >= 4 is 11.6 Å². The van der Waals surface area contributed by atoms with E-state index in [9.17, 15) is 9.90 Å². The van der Waals surface area contributed by atoms with Gasteiger partial charge in [-0.2, -0.15) is 0 Å². The van der Waals surface area contributed by atoms with E-state index in [1.165, 1.54) is 24.9 Å². The quantitative estimate of drug-likeness (QED) is 0.853. The van der Waals surface area contributed by atoms with Crippen molar-refractivity contribution < 1.29 is 9.90 Å². The first-order chi connectivity index (χ1) is 13.2. The molecule has 2 aromatic rings. The zero-order valence-electron chi connectivity index (χ0n) is 15.6. The summed E-state index contributed by atoms with van der Waals surface area (Å²) in [5.41, 5.74) is 2.71. The van der Waals surface area contributed by atoms with Crippen molar-refractivity contribution in [2.45, 2.75) is 44.2 Å². The van der Waals surface area contributed by atoms with E-state index in [0.717, 1.165) is 18.8 Å². The molecule has 1 aliphatic heterocycles. The highest BCUT2D eigenvalue weighted by Gasteiger charge is 2.36. The largest absolute Gasteiger partial charge is 0.393 e. The molecule has 5 heteroatoms. The molecule has 27 heavy (non-hydrogen) atoms. The molecule has 2 N–H and O–H groups in total. The summed E-state index contributed by atoms with van der Waals surface area (Å²) in [4.78, 5) is 19.6. The van der Waals surface area contributed by atoms with Gasteiger partial charge in [0.2, 0.25) is 0 Å². The van der Waals surface area contributed by atoms with Gasteiger partial charge in [-0.3, -0.25) is 9.78 Å². The summed E-state index contributed by atoms with van der Waals surface area (Å²) in [6.07, 6.45) is 6.67. The second kappa shape index (κ2) is 8.09. The molecule has 2 aliphatic rings. The summed E-state index contributed by atoms with van der Waals surface area (Å²) in [6, 6.07) is 13.5. The van der Waals surface area contributed by atoms with Crippen molar-refractivity contribution in [1.82, 2.24) is 10.3 Å². The molecule has 2 heterocycles. The average molecular weight is 365 g/mol. The zero-order chi connectivity index (χ0) is 18.6. The van der Waals surface area contributed by atoms with E-state index >= 15 is 0 Å². The minimum Gasteiger partial charge on any atom is -0.393 e. The van der Waals surface area contributed by atoms with Crippen LogP contribution in [0.15, 0.2) is 48.7 Å². The van der Waals surface area contributed by atoms with Crippen molar-refractivity contribution in [2.24, 2.45) is 5.92 Å². The van der Waals surface area contributed by atoms with Gasteiger partial charge in [-0.15, -0.1) is 0 Å². The van der Waals surface area contributed by atoms with Crippen molar-refractivity contribution in [3.63, 3.8) is 0 Å². The second-order valence-electron chi connectivity index (χ2n) is 7.69. The number of amides is 1. The predicted octanol–water partition coefficient (Wildman–Crippen LogP) is 3.31. The number of hydrogen-bond acceptors (Lipinski definition) is 4. The lowest BCUT2D eigenvalue weighted by Gasteiger charge is -2.37. The average Bonchev–Trinajstić information content (AvgIpc) is 2.71. The zero-order valence-corrected chi connectivity index (χ0v) is 15.6. The molecular formula is C22H27N3O2. The molecule has 1 aromatic heterocycles. The Bertz CT molecular complexity index is 751. The number of aliphatic hydroxyl groups excluding tert-OH is 1. The van der Waals surface area contributed by atoms with Gasteiger partial charge in [0.15, 0.2) is 0 Å². The van der Waals surface area contributed by atoms with Crippen LogP contribution in [0.3, 0.4) is 0 Å². The summed E-state index contributed by atoms with van der Waals surface area (Å²) in [6.45, 7) is 2.19. The fraction of sp³-hybridized carbons (Fsp3) is 0.455. The van der Waals surface area contributed by atoms with E-state index in [2.05, 4.69) is 15.2 Å². The highest BCUT2D eigenvalue weighted by atomic mass is 16.3. The molecule has 142 valence electrons. The van der Waals surface area contributed by atoms with E-state index in [1.807, 2.05) is 42.5 Å². The number of nitrogens with one attached hydrogen (secondary N) is 1. The Balaban J connectivity index is 1.46. The van der Waals surface area contributed by atoms with E-state index in [4.69, 9.17) is 0 Å². The van der Waals surface area contributed by atoms with E-state index in [-0.39, 0.29) is 24.0 Å². The van der Waals surface area contributed by atoms with Gasteiger partial charge in [0.1, 0.15) is 0 Å². The highest BCUT2D eigenvalue weighted by molar-refractivity contribution is 5.94. The molecule has 1 saturated carbocycles. The van der Waals surface area contributed by atoms with Crippen LogP contribution < -0.4 is 10.2 Å². The molecule has 0 unspecified atom stereocenters. The molecule has 0 bridgehead atoms. The van der Waals surface area contributed by atoms with Gasteiger partial charge in [-0.05, 0) is 74.4 Å². The number of nitrogens with zero attached hydrogens (tertiary/aromatic N) is 2. The van der Waals surface area contributed by atoms with Gasteiger partial charge in [0.25, 0.3) is 5.91 Å². The molecule has 1 amide bonds. The summed E-state index contributed by atoms with van der Waals surface area (Å²) in [7, 11) is 0.